The van der Waals surface area contributed by atoms with Crippen molar-refractivity contribution in [3.05, 3.63) is 36.0 Å². The van der Waals surface area contributed by atoms with Crippen LogP contribution in [0.3, 0.4) is 0 Å². The van der Waals surface area contributed by atoms with Crippen molar-refractivity contribution >= 4 is 23.5 Å². The third-order valence-corrected chi connectivity index (χ3v) is 4.43. The summed E-state index contributed by atoms with van der Waals surface area (Å²) >= 11 is 0. The molecule has 3 rings (SSSR count). The zero-order chi connectivity index (χ0) is 20.3. The average Bonchev–Trinajstić information content (AvgIpc) is 3.24. The molecular formula is C20H26N4O4. The number of rotatable bonds is 6. The molecular weight excluding hydrogens is 360 g/mol. The molecule has 0 saturated carbocycles. The van der Waals surface area contributed by atoms with E-state index in [1.54, 1.807) is 11.0 Å². The number of benzene rings is 1. The minimum Gasteiger partial charge on any atom is -0.494 e. The van der Waals surface area contributed by atoms with E-state index >= 15 is 0 Å². The van der Waals surface area contributed by atoms with Crippen LogP contribution in [-0.2, 0) is 10.2 Å². The van der Waals surface area contributed by atoms with Crippen LogP contribution in [0, 0.1) is 0 Å². The molecule has 1 aliphatic rings. The number of hydrogen-bond acceptors (Lipinski definition) is 5. The van der Waals surface area contributed by atoms with Crippen LogP contribution in [0.2, 0.25) is 0 Å². The maximum atomic E-state index is 12.6. The summed E-state index contributed by atoms with van der Waals surface area (Å²) in [5.41, 5.74) is 1.36. The van der Waals surface area contributed by atoms with Crippen LogP contribution < -0.4 is 15.0 Å². The first-order chi connectivity index (χ1) is 13.3. The molecule has 3 amide bonds. The molecule has 2 heterocycles. The number of nitrogens with zero attached hydrogens (tertiary/aromatic N) is 3. The number of carbonyl (C=O) groups is 2. The normalized spacial score (nSPS) is 14.5. The van der Waals surface area contributed by atoms with E-state index in [-0.39, 0.29) is 29.8 Å². The molecule has 0 unspecified atom stereocenters. The van der Waals surface area contributed by atoms with Crippen LogP contribution in [-0.4, -0.2) is 48.2 Å². The molecule has 1 saturated heterocycles. The van der Waals surface area contributed by atoms with Crippen LogP contribution in [0.25, 0.3) is 0 Å². The maximum Gasteiger partial charge on any atom is 0.325 e. The van der Waals surface area contributed by atoms with E-state index < -0.39 is 0 Å². The smallest absolute Gasteiger partial charge is 0.325 e. The third-order valence-electron chi connectivity index (χ3n) is 4.43. The first kappa shape index (κ1) is 19.7. The molecule has 150 valence electrons. The van der Waals surface area contributed by atoms with Gasteiger partial charge in [-0.2, -0.15) is 0 Å². The van der Waals surface area contributed by atoms with E-state index in [0.717, 1.165) is 17.1 Å². The van der Waals surface area contributed by atoms with Gasteiger partial charge in [0.2, 0.25) is 11.8 Å². The zero-order valence-electron chi connectivity index (χ0n) is 16.7. The van der Waals surface area contributed by atoms with E-state index in [4.69, 9.17) is 9.26 Å². The second kappa shape index (κ2) is 7.92. The van der Waals surface area contributed by atoms with E-state index in [9.17, 15) is 9.59 Å². The third kappa shape index (κ3) is 4.44. The summed E-state index contributed by atoms with van der Waals surface area (Å²) in [5, 5.41) is 6.63. The van der Waals surface area contributed by atoms with Gasteiger partial charge in [0, 0.05) is 30.3 Å². The second-order valence-corrected chi connectivity index (χ2v) is 7.66. The Morgan fingerprint density at radius 3 is 2.57 bits per heavy atom. The Hall–Kier alpha value is -3.03. The Morgan fingerprint density at radius 1 is 1.25 bits per heavy atom. The fraction of sp³-hybridized carbons (Fsp3) is 0.450. The van der Waals surface area contributed by atoms with Crippen molar-refractivity contribution in [3.63, 3.8) is 0 Å². The van der Waals surface area contributed by atoms with Crippen LogP contribution in [0.1, 0.15) is 33.4 Å². The Kier molecular flexibility index (Phi) is 5.58. The largest absolute Gasteiger partial charge is 0.494 e. The predicted octanol–water partition coefficient (Wildman–Crippen LogP) is 3.25. The van der Waals surface area contributed by atoms with E-state index in [0.29, 0.717) is 19.7 Å². The Bertz CT molecular complexity index is 839. The number of amides is 3. The van der Waals surface area contributed by atoms with Gasteiger partial charge in [-0.1, -0.05) is 25.9 Å². The molecule has 0 aliphatic carbocycles. The van der Waals surface area contributed by atoms with Crippen molar-refractivity contribution in [1.82, 2.24) is 10.1 Å². The summed E-state index contributed by atoms with van der Waals surface area (Å²) < 4.78 is 10.6. The summed E-state index contributed by atoms with van der Waals surface area (Å²) in [6.45, 7) is 9.49. The van der Waals surface area contributed by atoms with E-state index in [1.165, 1.54) is 4.90 Å². The van der Waals surface area contributed by atoms with Gasteiger partial charge in [-0.15, -0.1) is 0 Å². The minimum absolute atomic E-state index is 0.0437. The highest BCUT2D eigenvalue weighted by atomic mass is 16.5. The molecule has 1 aromatic carbocycles. The fourth-order valence-corrected chi connectivity index (χ4v) is 2.90. The maximum absolute atomic E-state index is 12.6. The zero-order valence-corrected chi connectivity index (χ0v) is 16.7. The van der Waals surface area contributed by atoms with Crippen LogP contribution in [0.4, 0.5) is 16.4 Å². The fourth-order valence-electron chi connectivity index (χ4n) is 2.90. The number of anilines is 2. The lowest BCUT2D eigenvalue weighted by molar-refractivity contribution is -0.116. The molecule has 1 fully saturated rings. The topological polar surface area (TPSA) is 87.9 Å². The summed E-state index contributed by atoms with van der Waals surface area (Å²) in [6.07, 6.45) is 0. The van der Waals surface area contributed by atoms with Gasteiger partial charge in [-0.25, -0.2) is 4.79 Å². The monoisotopic (exact) mass is 386 g/mol. The molecule has 0 radical (unpaired) electrons. The minimum atomic E-state index is -0.321. The van der Waals surface area contributed by atoms with E-state index in [1.807, 2.05) is 52.0 Å². The molecule has 1 aliphatic heterocycles. The lowest BCUT2D eigenvalue weighted by atomic mass is 9.92. The highest BCUT2D eigenvalue weighted by Crippen LogP contribution is 2.25. The summed E-state index contributed by atoms with van der Waals surface area (Å²) in [5.74, 6) is 0.722. The van der Waals surface area contributed by atoms with Crippen molar-refractivity contribution in [2.24, 2.45) is 0 Å². The summed E-state index contributed by atoms with van der Waals surface area (Å²) in [7, 11) is 0. The van der Waals surface area contributed by atoms with Crippen molar-refractivity contribution < 1.29 is 18.8 Å². The number of aromatic nitrogens is 1. The van der Waals surface area contributed by atoms with Crippen LogP contribution in [0.15, 0.2) is 34.9 Å². The summed E-state index contributed by atoms with van der Waals surface area (Å²) in [6, 6.07) is 8.85. The lowest BCUT2D eigenvalue weighted by Gasteiger charge is -2.18. The van der Waals surface area contributed by atoms with Crippen molar-refractivity contribution in [2.45, 2.75) is 33.1 Å². The molecule has 28 heavy (non-hydrogen) atoms. The Balaban J connectivity index is 1.57. The van der Waals surface area contributed by atoms with Gasteiger partial charge < -0.3 is 14.2 Å². The van der Waals surface area contributed by atoms with Gasteiger partial charge in [0.05, 0.1) is 12.3 Å². The molecule has 0 atom stereocenters. The molecule has 1 N–H and O–H groups in total. The van der Waals surface area contributed by atoms with Gasteiger partial charge in [0.1, 0.15) is 12.3 Å². The van der Waals surface area contributed by atoms with Gasteiger partial charge in [0.15, 0.2) is 0 Å². The quantitative estimate of drug-likeness (QED) is 0.823. The molecule has 8 heteroatoms. The van der Waals surface area contributed by atoms with Crippen molar-refractivity contribution in [1.29, 1.82) is 0 Å². The molecule has 0 bridgehead atoms. The first-order valence-corrected chi connectivity index (χ1v) is 9.34. The molecule has 2 aromatic rings. The molecule has 0 spiro atoms. The van der Waals surface area contributed by atoms with Gasteiger partial charge in [-0.05, 0) is 31.2 Å². The Labute approximate surface area is 164 Å². The van der Waals surface area contributed by atoms with Gasteiger partial charge in [-0.3, -0.25) is 15.0 Å². The van der Waals surface area contributed by atoms with E-state index in [2.05, 4.69) is 10.5 Å². The van der Waals surface area contributed by atoms with Crippen molar-refractivity contribution in [2.75, 3.05) is 36.5 Å². The van der Waals surface area contributed by atoms with Gasteiger partial charge in [0.25, 0.3) is 0 Å². The number of carbonyl (C=O) groups excluding carboxylic acids is 2. The van der Waals surface area contributed by atoms with Crippen LogP contribution in [0.5, 0.6) is 5.75 Å². The first-order valence-electron chi connectivity index (χ1n) is 9.34. The number of ether oxygens (including phenoxy) is 1. The lowest BCUT2D eigenvalue weighted by Crippen LogP contribution is -2.37. The number of nitrogens with one attached hydrogen (secondary N) is 1. The molecule has 8 nitrogen and oxygen atoms in total. The second-order valence-electron chi connectivity index (χ2n) is 7.66. The number of hydrogen-bond donors (Lipinski definition) is 1. The highest BCUT2D eigenvalue weighted by molar-refractivity contribution is 5.99. The Morgan fingerprint density at radius 2 is 1.96 bits per heavy atom. The predicted molar refractivity (Wildman–Crippen MR) is 106 cm³/mol. The highest BCUT2D eigenvalue weighted by Gasteiger charge is 2.31. The van der Waals surface area contributed by atoms with Crippen molar-refractivity contribution in [3.8, 4) is 5.75 Å². The van der Waals surface area contributed by atoms with Crippen LogP contribution >= 0.6 is 0 Å². The van der Waals surface area contributed by atoms with Gasteiger partial charge >= 0.3 is 6.03 Å². The number of urea groups is 1. The molecule has 1 aromatic heterocycles. The SMILES string of the molecule is CCOc1ccc(N2CCN(CC(=O)Nc3cc(C(C)(C)C)no3)C2=O)cc1. The average molecular weight is 386 g/mol. The summed E-state index contributed by atoms with van der Waals surface area (Å²) in [4.78, 5) is 28.1. The standard InChI is InChI=1S/C20H26N4O4/c1-5-27-15-8-6-14(7-9-15)24-11-10-23(19(24)26)13-17(25)21-18-12-16(22-28-18)20(2,3)4/h6-9,12H,5,10-11,13H2,1-4H3,(H,21,25).